The Kier molecular flexibility index (Phi) is 6.19. The summed E-state index contributed by atoms with van der Waals surface area (Å²) in [7, 11) is -3.45. The molecule has 1 aliphatic heterocycles. The molecule has 3 rings (SSSR count). The minimum atomic E-state index is -3.45. The van der Waals surface area contributed by atoms with Crippen molar-refractivity contribution in [2.24, 2.45) is 0 Å². The van der Waals surface area contributed by atoms with E-state index in [4.69, 9.17) is 0 Å². The lowest BCUT2D eigenvalue weighted by atomic mass is 9.96. The van der Waals surface area contributed by atoms with E-state index < -0.39 is 10.0 Å². The Labute approximate surface area is 156 Å². The van der Waals surface area contributed by atoms with Gasteiger partial charge in [-0.25, -0.2) is 13.1 Å². The standard InChI is InChI=1S/C19H29N3O3S/c1-2-19(23)22-14-12-21(13-15-22)17-8-10-18(11-9-17)26(24,25)20-16-6-4-3-5-7-16/h8-11,16,20H,2-7,12-15H2,1H3. The molecule has 1 heterocycles. The van der Waals surface area contributed by atoms with Crippen LogP contribution in [-0.2, 0) is 14.8 Å². The fraction of sp³-hybridized carbons (Fsp3) is 0.632. The Bertz CT molecular complexity index is 704. The van der Waals surface area contributed by atoms with Crippen LogP contribution < -0.4 is 9.62 Å². The lowest BCUT2D eigenvalue weighted by Gasteiger charge is -2.36. The molecule has 2 aliphatic rings. The number of rotatable bonds is 5. The summed E-state index contributed by atoms with van der Waals surface area (Å²) in [4.78, 5) is 16.2. The molecule has 26 heavy (non-hydrogen) atoms. The molecule has 0 aromatic heterocycles. The number of hydrogen-bond donors (Lipinski definition) is 1. The van der Waals surface area contributed by atoms with Gasteiger partial charge in [0.25, 0.3) is 0 Å². The summed E-state index contributed by atoms with van der Waals surface area (Å²) >= 11 is 0. The predicted octanol–water partition coefficient (Wildman–Crippen LogP) is 2.36. The normalized spacial score (nSPS) is 19.6. The number of carbonyl (C=O) groups excluding carboxylic acids is 1. The molecule has 144 valence electrons. The molecule has 7 heteroatoms. The van der Waals surface area contributed by atoms with E-state index in [0.29, 0.717) is 11.3 Å². The van der Waals surface area contributed by atoms with Gasteiger partial charge in [0.1, 0.15) is 0 Å². The lowest BCUT2D eigenvalue weighted by molar-refractivity contribution is -0.131. The van der Waals surface area contributed by atoms with Gasteiger partial charge in [-0.3, -0.25) is 4.79 Å². The van der Waals surface area contributed by atoms with Crippen molar-refractivity contribution in [3.8, 4) is 0 Å². The SMILES string of the molecule is CCC(=O)N1CCN(c2ccc(S(=O)(=O)NC3CCCCC3)cc2)CC1. The molecule has 1 amide bonds. The number of nitrogens with one attached hydrogen (secondary N) is 1. The molecule has 6 nitrogen and oxygen atoms in total. The Morgan fingerprint density at radius 3 is 2.23 bits per heavy atom. The molecule has 0 spiro atoms. The third-order valence-corrected chi connectivity index (χ3v) is 6.91. The van der Waals surface area contributed by atoms with Gasteiger partial charge in [0.05, 0.1) is 4.90 Å². The van der Waals surface area contributed by atoms with Crippen molar-refractivity contribution >= 4 is 21.6 Å². The van der Waals surface area contributed by atoms with Crippen LogP contribution in [0.1, 0.15) is 45.4 Å². The zero-order valence-corrected chi connectivity index (χ0v) is 16.3. The van der Waals surface area contributed by atoms with Gasteiger partial charge in [-0.2, -0.15) is 0 Å². The van der Waals surface area contributed by atoms with Crippen LogP contribution in [0.3, 0.4) is 0 Å². The summed E-state index contributed by atoms with van der Waals surface area (Å²) in [5.41, 5.74) is 1.00. The molecular weight excluding hydrogens is 350 g/mol. The monoisotopic (exact) mass is 379 g/mol. The maximum atomic E-state index is 12.6. The highest BCUT2D eigenvalue weighted by Gasteiger charge is 2.23. The summed E-state index contributed by atoms with van der Waals surface area (Å²) in [5, 5.41) is 0. The van der Waals surface area contributed by atoms with Gasteiger partial charge in [-0.1, -0.05) is 26.2 Å². The van der Waals surface area contributed by atoms with Crippen LogP contribution in [0.15, 0.2) is 29.2 Å². The van der Waals surface area contributed by atoms with Gasteiger partial charge < -0.3 is 9.80 Å². The number of nitrogens with zero attached hydrogens (tertiary/aromatic N) is 2. The molecular formula is C19H29N3O3S. The fourth-order valence-electron chi connectivity index (χ4n) is 3.78. The number of amides is 1. The second kappa shape index (κ2) is 8.39. The molecule has 1 saturated carbocycles. The fourth-order valence-corrected chi connectivity index (χ4v) is 5.09. The van der Waals surface area contributed by atoms with Crippen LogP contribution in [0.25, 0.3) is 0 Å². The average molecular weight is 380 g/mol. The largest absolute Gasteiger partial charge is 0.368 e. The summed E-state index contributed by atoms with van der Waals surface area (Å²) < 4.78 is 28.0. The maximum Gasteiger partial charge on any atom is 0.240 e. The molecule has 1 aliphatic carbocycles. The number of piperazine rings is 1. The van der Waals surface area contributed by atoms with E-state index in [1.807, 2.05) is 24.0 Å². The molecule has 1 aromatic rings. The van der Waals surface area contributed by atoms with Crippen molar-refractivity contribution in [3.63, 3.8) is 0 Å². The van der Waals surface area contributed by atoms with Crippen molar-refractivity contribution in [2.75, 3.05) is 31.1 Å². The van der Waals surface area contributed by atoms with Crippen LogP contribution in [0.4, 0.5) is 5.69 Å². The highest BCUT2D eigenvalue weighted by atomic mass is 32.2. The summed E-state index contributed by atoms with van der Waals surface area (Å²) in [6.45, 7) is 4.87. The van der Waals surface area contributed by atoms with Crippen LogP contribution >= 0.6 is 0 Å². The average Bonchev–Trinajstić information content (AvgIpc) is 2.68. The lowest BCUT2D eigenvalue weighted by Crippen LogP contribution is -2.48. The van der Waals surface area contributed by atoms with Crippen LogP contribution in [0.5, 0.6) is 0 Å². The summed E-state index contributed by atoms with van der Waals surface area (Å²) in [6.07, 6.45) is 5.79. The molecule has 2 fully saturated rings. The minimum absolute atomic E-state index is 0.0672. The first-order chi connectivity index (χ1) is 12.5. The molecule has 1 N–H and O–H groups in total. The summed E-state index contributed by atoms with van der Waals surface area (Å²) in [5.74, 6) is 0.194. The maximum absolute atomic E-state index is 12.6. The molecule has 1 saturated heterocycles. The van der Waals surface area contributed by atoms with E-state index in [1.54, 1.807) is 12.1 Å². The van der Waals surface area contributed by atoms with Crippen LogP contribution in [0, 0.1) is 0 Å². The van der Waals surface area contributed by atoms with Gasteiger partial charge in [0.15, 0.2) is 0 Å². The van der Waals surface area contributed by atoms with Crippen molar-refractivity contribution < 1.29 is 13.2 Å². The van der Waals surface area contributed by atoms with Gasteiger partial charge in [-0.05, 0) is 37.1 Å². The van der Waals surface area contributed by atoms with Crippen molar-refractivity contribution in [2.45, 2.75) is 56.4 Å². The van der Waals surface area contributed by atoms with E-state index in [-0.39, 0.29) is 11.9 Å². The van der Waals surface area contributed by atoms with Gasteiger partial charge in [-0.15, -0.1) is 0 Å². The second-order valence-electron chi connectivity index (χ2n) is 7.17. The predicted molar refractivity (Wildman–Crippen MR) is 103 cm³/mol. The Morgan fingerprint density at radius 1 is 1.04 bits per heavy atom. The third kappa shape index (κ3) is 4.57. The first-order valence-electron chi connectivity index (χ1n) is 9.65. The van der Waals surface area contributed by atoms with Crippen molar-refractivity contribution in [3.05, 3.63) is 24.3 Å². The van der Waals surface area contributed by atoms with Crippen molar-refractivity contribution in [1.29, 1.82) is 0 Å². The van der Waals surface area contributed by atoms with Crippen LogP contribution in [0.2, 0.25) is 0 Å². The number of carbonyl (C=O) groups is 1. The Balaban J connectivity index is 1.60. The molecule has 0 atom stereocenters. The minimum Gasteiger partial charge on any atom is -0.368 e. The molecule has 0 bridgehead atoms. The zero-order chi connectivity index (χ0) is 18.6. The molecule has 1 aromatic carbocycles. The summed E-state index contributed by atoms with van der Waals surface area (Å²) in [6, 6.07) is 7.17. The van der Waals surface area contributed by atoms with Crippen LogP contribution in [-0.4, -0.2) is 51.4 Å². The highest BCUT2D eigenvalue weighted by molar-refractivity contribution is 7.89. The molecule has 0 radical (unpaired) electrons. The van der Waals surface area contributed by atoms with Crippen molar-refractivity contribution in [1.82, 2.24) is 9.62 Å². The van der Waals surface area contributed by atoms with E-state index >= 15 is 0 Å². The third-order valence-electron chi connectivity index (χ3n) is 5.37. The first-order valence-corrected chi connectivity index (χ1v) is 11.1. The molecule has 0 unspecified atom stereocenters. The van der Waals surface area contributed by atoms with E-state index in [1.165, 1.54) is 6.42 Å². The Hall–Kier alpha value is -1.60. The van der Waals surface area contributed by atoms with E-state index in [9.17, 15) is 13.2 Å². The van der Waals surface area contributed by atoms with E-state index in [2.05, 4.69) is 9.62 Å². The highest BCUT2D eigenvalue weighted by Crippen LogP contribution is 2.22. The number of sulfonamides is 1. The zero-order valence-electron chi connectivity index (χ0n) is 15.5. The van der Waals surface area contributed by atoms with Gasteiger partial charge >= 0.3 is 0 Å². The first kappa shape index (κ1) is 19.2. The number of hydrogen-bond acceptors (Lipinski definition) is 4. The van der Waals surface area contributed by atoms with Gasteiger partial charge in [0, 0.05) is 44.3 Å². The second-order valence-corrected chi connectivity index (χ2v) is 8.89. The Morgan fingerprint density at radius 2 is 1.65 bits per heavy atom. The van der Waals surface area contributed by atoms with E-state index in [0.717, 1.165) is 57.5 Å². The number of benzene rings is 1. The number of anilines is 1. The quantitative estimate of drug-likeness (QED) is 0.853. The van der Waals surface area contributed by atoms with Gasteiger partial charge in [0.2, 0.25) is 15.9 Å². The smallest absolute Gasteiger partial charge is 0.240 e. The topological polar surface area (TPSA) is 69.7 Å².